The molecule has 11 nitrogen and oxygen atoms in total. The number of fused-ring (bicyclic) bond motifs is 1. The maximum atomic E-state index is 14.3. The van der Waals surface area contributed by atoms with E-state index in [-0.39, 0.29) is 49.1 Å². The van der Waals surface area contributed by atoms with E-state index in [0.29, 0.717) is 42.3 Å². The van der Waals surface area contributed by atoms with Crippen molar-refractivity contribution in [3.63, 3.8) is 0 Å². The number of urea groups is 1. The minimum absolute atomic E-state index is 0.126. The Kier molecular flexibility index (Phi) is 14.8. The molecule has 1 heterocycles. The van der Waals surface area contributed by atoms with Gasteiger partial charge in [0.15, 0.2) is 0 Å². The van der Waals surface area contributed by atoms with Crippen molar-refractivity contribution in [2.75, 3.05) is 64.6 Å². The molecule has 3 N–H and O–H groups in total. The summed E-state index contributed by atoms with van der Waals surface area (Å²) in [6.45, 7) is 7.42. The largest absolute Gasteiger partial charge is 0.490 e. The lowest BCUT2D eigenvalue weighted by atomic mass is 10.0. The van der Waals surface area contributed by atoms with Crippen LogP contribution in [0.25, 0.3) is 0 Å². The van der Waals surface area contributed by atoms with Gasteiger partial charge in [0.1, 0.15) is 5.75 Å². The molecule has 11 heteroatoms. The summed E-state index contributed by atoms with van der Waals surface area (Å²) in [6, 6.07) is 13.7. The summed E-state index contributed by atoms with van der Waals surface area (Å²) in [5, 5.41) is 16.0. The number of nitrogens with one attached hydrogen (secondary N) is 2. The zero-order valence-electron chi connectivity index (χ0n) is 28.3. The minimum atomic E-state index is -0.503. The normalized spacial score (nSPS) is 20.2. The summed E-state index contributed by atoms with van der Waals surface area (Å²) in [5.74, 6) is -0.187. The Morgan fingerprint density at radius 2 is 1.78 bits per heavy atom. The van der Waals surface area contributed by atoms with Crippen LogP contribution in [0.5, 0.6) is 5.75 Å². The quantitative estimate of drug-likeness (QED) is 0.337. The van der Waals surface area contributed by atoms with E-state index < -0.39 is 6.04 Å². The molecule has 0 saturated heterocycles. The molecule has 2 aromatic rings. The molecular formula is C35H53N5O6. The fraction of sp³-hybridized carbons (Fsp3) is 0.571. The molecule has 0 spiro atoms. The van der Waals surface area contributed by atoms with Gasteiger partial charge in [-0.2, -0.15) is 0 Å². The van der Waals surface area contributed by atoms with Gasteiger partial charge >= 0.3 is 6.03 Å². The lowest BCUT2D eigenvalue weighted by molar-refractivity contribution is -0.116. The lowest BCUT2D eigenvalue weighted by Crippen LogP contribution is -2.48. The first-order valence-electron chi connectivity index (χ1n) is 16.3. The van der Waals surface area contributed by atoms with E-state index >= 15 is 0 Å². The number of benzene rings is 2. The molecule has 4 amide bonds. The Morgan fingerprint density at radius 3 is 2.48 bits per heavy atom. The van der Waals surface area contributed by atoms with Crippen molar-refractivity contribution < 1.29 is 29.0 Å². The van der Waals surface area contributed by atoms with Crippen LogP contribution in [-0.4, -0.2) is 110 Å². The highest BCUT2D eigenvalue weighted by atomic mass is 16.5. The van der Waals surface area contributed by atoms with E-state index in [1.54, 1.807) is 42.0 Å². The van der Waals surface area contributed by atoms with Crippen LogP contribution in [0.4, 0.5) is 16.2 Å². The monoisotopic (exact) mass is 639 g/mol. The first-order chi connectivity index (χ1) is 22.0. The molecule has 0 aliphatic carbocycles. The standard InChI is InChI=1S/C35H53N5O6/c1-25-22-40(26(2)24-41)34(43)30-21-29(36-33(42)16-12-19-38(4)5)17-18-31(30)46-27(3)13-10-11-20-45-32(25)23-39(6)35(44)37-28-14-8-7-9-15-28/h7-9,14-15,17-18,21,25-27,32,41H,10-13,16,19-20,22-24H2,1-6H3,(H,36,42)(H,37,44)/t25-,26+,27+,32-/m1/s1. The number of hydrogen-bond acceptors (Lipinski definition) is 7. The smallest absolute Gasteiger partial charge is 0.321 e. The van der Waals surface area contributed by atoms with Gasteiger partial charge < -0.3 is 39.9 Å². The van der Waals surface area contributed by atoms with E-state index in [9.17, 15) is 19.5 Å². The highest BCUT2D eigenvalue weighted by Gasteiger charge is 2.31. The molecule has 1 aliphatic heterocycles. The predicted molar refractivity (Wildman–Crippen MR) is 181 cm³/mol. The number of amides is 4. The van der Waals surface area contributed by atoms with Gasteiger partial charge in [-0.05, 0) is 90.5 Å². The average Bonchev–Trinajstić information content (AvgIpc) is 3.02. The molecule has 2 aromatic carbocycles. The number of aliphatic hydroxyl groups excluding tert-OH is 1. The van der Waals surface area contributed by atoms with Gasteiger partial charge in [-0.15, -0.1) is 0 Å². The number of nitrogens with zero attached hydrogens (tertiary/aromatic N) is 3. The summed E-state index contributed by atoms with van der Waals surface area (Å²) in [6.07, 6.45) is 3.00. The van der Waals surface area contributed by atoms with Gasteiger partial charge in [0, 0.05) is 50.5 Å². The molecule has 0 aromatic heterocycles. The van der Waals surface area contributed by atoms with Crippen LogP contribution in [-0.2, 0) is 9.53 Å². The van der Waals surface area contributed by atoms with Gasteiger partial charge in [0.25, 0.3) is 5.91 Å². The summed E-state index contributed by atoms with van der Waals surface area (Å²) in [4.78, 5) is 45.2. The molecule has 3 rings (SSSR count). The second kappa shape index (κ2) is 18.5. The fourth-order valence-electron chi connectivity index (χ4n) is 5.34. The summed E-state index contributed by atoms with van der Waals surface area (Å²) in [5.41, 5.74) is 1.53. The number of ether oxygens (including phenoxy) is 2. The highest BCUT2D eigenvalue weighted by Crippen LogP contribution is 2.28. The van der Waals surface area contributed by atoms with Crippen LogP contribution in [0.15, 0.2) is 48.5 Å². The maximum absolute atomic E-state index is 14.3. The summed E-state index contributed by atoms with van der Waals surface area (Å²) >= 11 is 0. The molecule has 0 bridgehead atoms. The average molecular weight is 640 g/mol. The number of anilines is 2. The molecule has 4 atom stereocenters. The zero-order chi connectivity index (χ0) is 33.6. The first kappa shape index (κ1) is 36.8. The van der Waals surface area contributed by atoms with Gasteiger partial charge in [-0.1, -0.05) is 25.1 Å². The summed E-state index contributed by atoms with van der Waals surface area (Å²) in [7, 11) is 5.66. The van der Waals surface area contributed by atoms with Crippen LogP contribution in [0, 0.1) is 5.92 Å². The van der Waals surface area contributed by atoms with Gasteiger partial charge in [0.05, 0.1) is 30.4 Å². The second-order valence-electron chi connectivity index (χ2n) is 12.6. The molecule has 1 aliphatic rings. The molecule has 0 fully saturated rings. The molecule has 0 radical (unpaired) electrons. The Morgan fingerprint density at radius 1 is 1.04 bits per heavy atom. The molecule has 0 unspecified atom stereocenters. The van der Waals surface area contributed by atoms with E-state index in [1.165, 1.54) is 0 Å². The molecular weight excluding hydrogens is 586 g/mol. The number of likely N-dealkylation sites (N-methyl/N-ethyl adjacent to an activating group) is 1. The van der Waals surface area contributed by atoms with Crippen molar-refractivity contribution in [2.24, 2.45) is 5.92 Å². The first-order valence-corrected chi connectivity index (χ1v) is 16.3. The van der Waals surface area contributed by atoms with Crippen LogP contribution in [0.1, 0.15) is 63.2 Å². The Labute approximate surface area is 274 Å². The van der Waals surface area contributed by atoms with Crippen molar-refractivity contribution in [3.8, 4) is 5.75 Å². The van der Waals surface area contributed by atoms with Crippen LogP contribution >= 0.6 is 0 Å². The lowest BCUT2D eigenvalue weighted by Gasteiger charge is -2.35. The number of para-hydroxylation sites is 1. The number of hydrogen-bond donors (Lipinski definition) is 3. The second-order valence-corrected chi connectivity index (χ2v) is 12.6. The Hall–Kier alpha value is -3.67. The van der Waals surface area contributed by atoms with Crippen molar-refractivity contribution in [2.45, 2.75) is 71.1 Å². The topological polar surface area (TPSA) is 124 Å². The number of carbonyl (C=O) groups is 3. The third-order valence-electron chi connectivity index (χ3n) is 8.17. The minimum Gasteiger partial charge on any atom is -0.490 e. The maximum Gasteiger partial charge on any atom is 0.321 e. The Balaban J connectivity index is 1.86. The number of carbonyl (C=O) groups excluding carboxylic acids is 3. The fourth-order valence-corrected chi connectivity index (χ4v) is 5.34. The molecule has 46 heavy (non-hydrogen) atoms. The van der Waals surface area contributed by atoms with E-state index in [2.05, 4.69) is 10.6 Å². The van der Waals surface area contributed by atoms with Crippen molar-refractivity contribution >= 4 is 29.2 Å². The van der Waals surface area contributed by atoms with Crippen molar-refractivity contribution in [3.05, 3.63) is 54.1 Å². The van der Waals surface area contributed by atoms with Crippen LogP contribution in [0.3, 0.4) is 0 Å². The SMILES string of the molecule is C[C@@H]1CN([C@@H](C)CO)C(=O)c2cc(NC(=O)CCCN(C)C)ccc2O[C@@H](C)CCCCO[C@@H]1CN(C)C(=O)Nc1ccccc1. The molecule has 0 saturated carbocycles. The van der Waals surface area contributed by atoms with Crippen molar-refractivity contribution in [1.82, 2.24) is 14.7 Å². The Bertz CT molecular complexity index is 1260. The van der Waals surface area contributed by atoms with E-state index in [4.69, 9.17) is 9.47 Å². The van der Waals surface area contributed by atoms with Gasteiger partial charge in [-0.3, -0.25) is 9.59 Å². The van der Waals surface area contributed by atoms with E-state index in [1.807, 2.05) is 63.2 Å². The highest BCUT2D eigenvalue weighted by molar-refractivity contribution is 5.99. The van der Waals surface area contributed by atoms with Crippen molar-refractivity contribution in [1.29, 1.82) is 0 Å². The van der Waals surface area contributed by atoms with Gasteiger partial charge in [-0.25, -0.2) is 4.79 Å². The molecule has 254 valence electrons. The number of rotatable bonds is 10. The third kappa shape index (κ3) is 11.6. The zero-order valence-corrected chi connectivity index (χ0v) is 28.3. The predicted octanol–water partition coefficient (Wildman–Crippen LogP) is 4.93. The van der Waals surface area contributed by atoms with Crippen LogP contribution in [0.2, 0.25) is 0 Å². The van der Waals surface area contributed by atoms with Crippen LogP contribution < -0.4 is 15.4 Å². The van der Waals surface area contributed by atoms with E-state index in [0.717, 1.165) is 32.2 Å². The summed E-state index contributed by atoms with van der Waals surface area (Å²) < 4.78 is 12.6. The number of aliphatic hydroxyl groups is 1. The van der Waals surface area contributed by atoms with Gasteiger partial charge in [0.2, 0.25) is 5.91 Å². The third-order valence-corrected chi connectivity index (χ3v) is 8.17.